The monoisotopic (exact) mass is 609 g/mol. The molecule has 3 heterocycles. The largest absolute Gasteiger partial charge is 0.480 e. The van der Waals surface area contributed by atoms with Crippen LogP contribution in [0.15, 0.2) is 39.0 Å². The fraction of sp³-hybridized carbons (Fsp3) is 0.136. The fourth-order valence-electron chi connectivity index (χ4n) is 3.56. The molecule has 2 aliphatic rings. The summed E-state index contributed by atoms with van der Waals surface area (Å²) in [6, 6.07) is 4.67. The van der Waals surface area contributed by atoms with Crippen molar-refractivity contribution in [2.24, 2.45) is 0 Å². The van der Waals surface area contributed by atoms with Crippen LogP contribution in [0, 0.1) is 0 Å². The number of hydrogen-bond acceptors (Lipinski definition) is 12. The zero-order valence-electron chi connectivity index (χ0n) is 19.3. The molecule has 2 aromatic rings. The highest BCUT2D eigenvalue weighted by molar-refractivity contribution is 8.30. The number of carbonyl (C=O) groups excluding carboxylic acids is 2. The van der Waals surface area contributed by atoms with Crippen LogP contribution in [0.3, 0.4) is 0 Å². The highest BCUT2D eigenvalue weighted by Crippen LogP contribution is 2.47. The number of ether oxygens (including phenoxy) is 1. The molecular formula is C22H15N3O10S4. The average Bonchev–Trinajstić information content (AvgIpc) is 3.44. The molecule has 0 unspecified atom stereocenters. The quantitative estimate of drug-likeness (QED) is 0.253. The maximum atomic E-state index is 13.1. The third-order valence-electron chi connectivity index (χ3n) is 5.09. The summed E-state index contributed by atoms with van der Waals surface area (Å²) in [5.41, 5.74) is -0.253. The number of allylic oxidation sites excluding steroid dienone is 1. The molecule has 1 amide bonds. The minimum absolute atomic E-state index is 0.00213. The van der Waals surface area contributed by atoms with Gasteiger partial charge in [-0.05, 0) is 24.3 Å². The number of thiocarbonyl (C=S) groups is 1. The number of anilines is 1. The van der Waals surface area contributed by atoms with E-state index in [1.54, 1.807) is 6.07 Å². The zero-order valence-corrected chi connectivity index (χ0v) is 22.5. The standard InChI is InChI=1S/C22H15N3O10S4/c26-9-35-10-1-2-12-11(5-10)23(6-15(27)28)14(37-12)4-3-13-19(33)24(7-16(29)30)21(38-13)18-20(34)25(8-17(31)32)22(36)39-18/h1-5,9H,6-8H2,(H,27,28)(H,29,30)(H,31,32)/b13-3?,14-4?,21-18-. The van der Waals surface area contributed by atoms with Gasteiger partial charge in [-0.15, -0.1) is 11.3 Å². The van der Waals surface area contributed by atoms with Crippen LogP contribution in [0.5, 0.6) is 5.75 Å². The summed E-state index contributed by atoms with van der Waals surface area (Å²) in [7, 11) is 0. The van der Waals surface area contributed by atoms with E-state index in [2.05, 4.69) is 0 Å². The SMILES string of the molecule is O=COc1ccc2c(c1)N(CC(=O)O)C(=CC=c1s/c(=C3\SC(=S)N(CC(=O)O)C3=O)n(CC(=O)O)c1=O)S2. The first-order chi connectivity index (χ1) is 18.5. The molecule has 1 aromatic carbocycles. The zero-order chi connectivity index (χ0) is 28.4. The predicted octanol–water partition coefficient (Wildman–Crippen LogP) is -0.0985. The lowest BCUT2D eigenvalue weighted by Gasteiger charge is -2.17. The van der Waals surface area contributed by atoms with Crippen LogP contribution in [0.25, 0.3) is 11.0 Å². The van der Waals surface area contributed by atoms with Crippen molar-refractivity contribution in [1.82, 2.24) is 9.47 Å². The van der Waals surface area contributed by atoms with Gasteiger partial charge in [0.1, 0.15) is 39.3 Å². The van der Waals surface area contributed by atoms with Crippen LogP contribution in [0.4, 0.5) is 5.69 Å². The molecule has 3 N–H and O–H groups in total. The topological polar surface area (TPSA) is 184 Å². The predicted molar refractivity (Wildman–Crippen MR) is 145 cm³/mol. The van der Waals surface area contributed by atoms with Crippen molar-refractivity contribution in [3.8, 4) is 5.75 Å². The van der Waals surface area contributed by atoms with Gasteiger partial charge in [-0.3, -0.25) is 38.2 Å². The smallest absolute Gasteiger partial charge is 0.323 e. The molecule has 0 saturated carbocycles. The van der Waals surface area contributed by atoms with Crippen LogP contribution < -0.4 is 24.4 Å². The fourth-order valence-corrected chi connectivity index (χ4v) is 7.06. The molecule has 202 valence electrons. The Morgan fingerprint density at radius 3 is 2.26 bits per heavy atom. The van der Waals surface area contributed by atoms with Crippen LogP contribution in [0.1, 0.15) is 0 Å². The van der Waals surface area contributed by atoms with Gasteiger partial charge >= 0.3 is 17.9 Å². The molecule has 17 heteroatoms. The van der Waals surface area contributed by atoms with Crippen LogP contribution in [-0.2, 0) is 30.5 Å². The van der Waals surface area contributed by atoms with Crippen molar-refractivity contribution >= 4 is 98.4 Å². The maximum Gasteiger partial charge on any atom is 0.323 e. The second kappa shape index (κ2) is 11.4. The number of nitrogens with zero attached hydrogens (tertiary/aromatic N) is 3. The first-order valence-electron chi connectivity index (χ1n) is 10.5. The van der Waals surface area contributed by atoms with Crippen molar-refractivity contribution < 1.29 is 44.0 Å². The molecule has 0 spiro atoms. The lowest BCUT2D eigenvalue weighted by atomic mass is 10.2. The van der Waals surface area contributed by atoms with Crippen LogP contribution >= 0.6 is 47.1 Å². The van der Waals surface area contributed by atoms with E-state index in [1.807, 2.05) is 0 Å². The maximum absolute atomic E-state index is 13.1. The average molecular weight is 610 g/mol. The Balaban J connectivity index is 1.83. The van der Waals surface area contributed by atoms with E-state index in [0.29, 0.717) is 15.6 Å². The van der Waals surface area contributed by atoms with E-state index in [1.165, 1.54) is 40.9 Å². The molecular weight excluding hydrogens is 595 g/mol. The number of thioether (sulfide) groups is 2. The first-order valence-corrected chi connectivity index (χ1v) is 13.4. The van der Waals surface area contributed by atoms with E-state index in [4.69, 9.17) is 22.1 Å². The minimum Gasteiger partial charge on any atom is -0.480 e. The first kappa shape index (κ1) is 28.1. The summed E-state index contributed by atoms with van der Waals surface area (Å²) < 4.78 is 5.73. The summed E-state index contributed by atoms with van der Waals surface area (Å²) in [6.07, 6.45) is 2.85. The van der Waals surface area contributed by atoms with Gasteiger partial charge in [0.15, 0.2) is 0 Å². The summed E-state index contributed by atoms with van der Waals surface area (Å²) in [5.74, 6) is -4.35. The number of aromatic nitrogens is 1. The van der Waals surface area contributed by atoms with E-state index in [9.17, 15) is 39.0 Å². The molecule has 2 aliphatic heterocycles. The van der Waals surface area contributed by atoms with Crippen LogP contribution in [-0.4, -0.2) is 72.5 Å². The number of hydrogen-bond donors (Lipinski definition) is 3. The lowest BCUT2D eigenvalue weighted by molar-refractivity contribution is -0.140. The van der Waals surface area contributed by atoms with Crippen molar-refractivity contribution in [2.75, 3.05) is 18.0 Å². The Bertz CT molecular complexity index is 1660. The molecule has 4 rings (SSSR count). The number of thiazole rings is 1. The number of carboxylic acids is 3. The number of fused-ring (bicyclic) bond motifs is 1. The van der Waals surface area contributed by atoms with Gasteiger partial charge in [-0.25, -0.2) is 0 Å². The molecule has 0 radical (unpaired) electrons. The van der Waals surface area contributed by atoms with Crippen molar-refractivity contribution in [2.45, 2.75) is 11.4 Å². The highest BCUT2D eigenvalue weighted by atomic mass is 32.2. The van der Waals surface area contributed by atoms with Gasteiger partial charge in [-0.1, -0.05) is 35.7 Å². The second-order valence-electron chi connectivity index (χ2n) is 7.64. The van der Waals surface area contributed by atoms with Gasteiger partial charge in [0.25, 0.3) is 17.9 Å². The summed E-state index contributed by atoms with van der Waals surface area (Å²) in [4.78, 5) is 73.7. The molecule has 13 nitrogen and oxygen atoms in total. The summed E-state index contributed by atoms with van der Waals surface area (Å²) in [6.45, 7) is -1.65. The minimum atomic E-state index is -1.34. The molecule has 1 saturated heterocycles. The second-order valence-corrected chi connectivity index (χ2v) is 11.4. The van der Waals surface area contributed by atoms with Gasteiger partial charge in [0.05, 0.1) is 15.2 Å². The van der Waals surface area contributed by atoms with Crippen molar-refractivity contribution in [3.05, 3.63) is 48.9 Å². The third-order valence-corrected chi connectivity index (χ3v) is 8.94. The lowest BCUT2D eigenvalue weighted by Crippen LogP contribution is -2.36. The van der Waals surface area contributed by atoms with Gasteiger partial charge < -0.3 is 25.0 Å². The normalized spacial score (nSPS) is 17.6. The number of rotatable bonds is 9. The van der Waals surface area contributed by atoms with Gasteiger partial charge in [0.2, 0.25) is 0 Å². The van der Waals surface area contributed by atoms with Crippen molar-refractivity contribution in [3.63, 3.8) is 0 Å². The van der Waals surface area contributed by atoms with E-state index in [0.717, 1.165) is 32.6 Å². The molecule has 0 bridgehead atoms. The number of carboxylic acid groups (broad SMARTS) is 3. The third kappa shape index (κ3) is 5.90. The molecule has 0 atom stereocenters. The Kier molecular flexibility index (Phi) is 8.24. The Labute approximate surface area is 235 Å². The number of carbonyl (C=O) groups is 5. The molecule has 39 heavy (non-hydrogen) atoms. The Morgan fingerprint density at radius 2 is 1.62 bits per heavy atom. The molecule has 0 aliphatic carbocycles. The summed E-state index contributed by atoms with van der Waals surface area (Å²) in [5, 5.41) is 28.2. The van der Waals surface area contributed by atoms with Gasteiger partial charge in [0, 0.05) is 11.0 Å². The molecule has 1 fully saturated rings. The van der Waals surface area contributed by atoms with Gasteiger partial charge in [-0.2, -0.15) is 0 Å². The highest BCUT2D eigenvalue weighted by Gasteiger charge is 2.35. The molecule has 1 aromatic heterocycles. The summed E-state index contributed by atoms with van der Waals surface area (Å²) >= 11 is 7.88. The van der Waals surface area contributed by atoms with E-state index in [-0.39, 0.29) is 30.6 Å². The number of aliphatic carboxylic acids is 3. The Hall–Kier alpha value is -3.93. The van der Waals surface area contributed by atoms with E-state index < -0.39 is 49.0 Å². The number of amides is 1. The van der Waals surface area contributed by atoms with E-state index >= 15 is 0 Å². The van der Waals surface area contributed by atoms with Crippen molar-refractivity contribution in [1.29, 1.82) is 0 Å². The Morgan fingerprint density at radius 1 is 0.949 bits per heavy atom. The van der Waals surface area contributed by atoms with Crippen LogP contribution in [0.2, 0.25) is 0 Å². The number of benzene rings is 1.